The molecule has 0 aliphatic carbocycles. The van der Waals surface area contributed by atoms with Gasteiger partial charge in [0, 0.05) is 0 Å². The summed E-state index contributed by atoms with van der Waals surface area (Å²) in [5.41, 5.74) is 0. The van der Waals surface area contributed by atoms with Crippen molar-refractivity contribution < 1.29 is 42.1 Å². The number of nitrogens with zero attached hydrogens (tertiary/aromatic N) is 1. The van der Waals surface area contributed by atoms with E-state index in [9.17, 15) is 19.0 Å². The maximum Gasteiger partial charge on any atom is 0.310 e. The van der Waals surface area contributed by atoms with Crippen LogP contribution in [0.25, 0.3) is 0 Å². The van der Waals surface area contributed by atoms with Crippen molar-refractivity contribution in [1.82, 2.24) is 0 Å². The first-order valence-electron chi connectivity index (χ1n) is 22.0. The van der Waals surface area contributed by atoms with Crippen LogP contribution in [0.1, 0.15) is 194 Å². The lowest BCUT2D eigenvalue weighted by molar-refractivity contribution is -0.870. The Morgan fingerprint density at radius 2 is 0.944 bits per heavy atom. The molecule has 0 N–H and O–H groups in total. The summed E-state index contributed by atoms with van der Waals surface area (Å²) in [6.45, 7) is 4.12. The minimum Gasteiger partial charge on any atom is -0.756 e. The van der Waals surface area contributed by atoms with Crippen molar-refractivity contribution in [2.24, 2.45) is 0 Å². The average molecular weight is 786 g/mol. The number of unbranched alkanes of at least 4 members (excludes halogenated alkanes) is 24. The first kappa shape index (κ1) is 52.5. The number of hydrogen-bond acceptors (Lipinski definition) is 8. The zero-order valence-corrected chi connectivity index (χ0v) is 36.6. The maximum absolute atomic E-state index is 12.6. The number of allylic oxidation sites excluding steroid dienone is 2. The lowest BCUT2D eigenvalue weighted by Crippen LogP contribution is -2.37. The molecule has 318 valence electrons. The van der Waals surface area contributed by atoms with Crippen molar-refractivity contribution >= 4 is 19.8 Å². The van der Waals surface area contributed by atoms with Gasteiger partial charge < -0.3 is 27.9 Å². The van der Waals surface area contributed by atoms with Gasteiger partial charge in [-0.25, -0.2) is 0 Å². The maximum atomic E-state index is 12.6. The highest BCUT2D eigenvalue weighted by atomic mass is 31.2. The quantitative estimate of drug-likeness (QED) is 0.0198. The minimum atomic E-state index is -4.64. The molecule has 2 atom stereocenters. The lowest BCUT2D eigenvalue weighted by Gasteiger charge is -2.28. The summed E-state index contributed by atoms with van der Waals surface area (Å²) in [6.07, 6.45) is 39.7. The van der Waals surface area contributed by atoms with Crippen molar-refractivity contribution in [1.29, 1.82) is 0 Å². The summed E-state index contributed by atoms with van der Waals surface area (Å²) in [5.74, 6) is -1.02. The van der Waals surface area contributed by atoms with E-state index >= 15 is 0 Å². The summed E-state index contributed by atoms with van der Waals surface area (Å²) in [5, 5.41) is 0. The van der Waals surface area contributed by atoms with E-state index in [4.69, 9.17) is 18.5 Å². The summed E-state index contributed by atoms with van der Waals surface area (Å²) < 4.78 is 33.7. The summed E-state index contributed by atoms with van der Waals surface area (Å²) in [4.78, 5) is 37.4. The number of carbonyl (C=O) groups excluding carboxylic acids is 2. The number of likely N-dealkylation sites (N-methyl/N-ethyl adjacent to an activating group) is 1. The normalized spacial score (nSPS) is 13.8. The Labute approximate surface area is 332 Å². The van der Waals surface area contributed by atoms with E-state index in [0.717, 1.165) is 25.7 Å². The molecule has 0 heterocycles. The Morgan fingerprint density at radius 1 is 0.556 bits per heavy atom. The second-order valence-electron chi connectivity index (χ2n) is 16.1. The number of phosphoric ester groups is 1. The van der Waals surface area contributed by atoms with E-state index in [1.165, 1.54) is 141 Å². The van der Waals surface area contributed by atoms with Gasteiger partial charge in [-0.05, 0) is 25.7 Å². The van der Waals surface area contributed by atoms with Crippen molar-refractivity contribution in [2.75, 3.05) is 47.5 Å². The van der Waals surface area contributed by atoms with Crippen LogP contribution in [-0.4, -0.2) is 70.0 Å². The van der Waals surface area contributed by atoms with Crippen LogP contribution in [0.2, 0.25) is 0 Å². The average Bonchev–Trinajstić information content (AvgIpc) is 3.12. The molecule has 0 saturated carbocycles. The van der Waals surface area contributed by atoms with E-state index in [-0.39, 0.29) is 26.1 Å². The van der Waals surface area contributed by atoms with Gasteiger partial charge >= 0.3 is 11.9 Å². The predicted molar refractivity (Wildman–Crippen MR) is 222 cm³/mol. The molecule has 0 radical (unpaired) electrons. The molecule has 0 aromatic rings. The van der Waals surface area contributed by atoms with Gasteiger partial charge in [-0.2, -0.15) is 0 Å². The van der Waals surface area contributed by atoms with Crippen molar-refractivity contribution in [2.45, 2.75) is 200 Å². The van der Waals surface area contributed by atoms with Crippen LogP contribution in [0.5, 0.6) is 0 Å². The third kappa shape index (κ3) is 40.2. The summed E-state index contributed by atoms with van der Waals surface area (Å²) >= 11 is 0. The monoisotopic (exact) mass is 786 g/mol. The molecule has 9 nitrogen and oxygen atoms in total. The van der Waals surface area contributed by atoms with Crippen molar-refractivity contribution in [3.8, 4) is 0 Å². The highest BCUT2D eigenvalue weighted by Gasteiger charge is 2.21. The molecule has 0 amide bonds. The fourth-order valence-electron chi connectivity index (χ4n) is 6.03. The SMILES string of the molecule is CCCCCCCCCCCCCC/C=C/CC(=O)OCC(COP(=O)([O-])OCC[N+](C)(C)C)OC(=O)C/C=C/CCCCCCCCCCCCCC. The van der Waals surface area contributed by atoms with Crippen LogP contribution >= 0.6 is 7.82 Å². The molecule has 54 heavy (non-hydrogen) atoms. The first-order valence-corrected chi connectivity index (χ1v) is 23.5. The standard InChI is InChI=1S/C44H84NO8P/c1-6-8-10-12-14-16-18-20-22-24-26-28-30-32-34-36-43(46)50-40-42(41-52-54(48,49)51-39-38-45(3,4)5)53-44(47)37-35-33-31-29-27-25-23-21-19-17-15-13-11-9-7-2/h32-35,42H,6-31,36-41H2,1-5H3/b34-32+,35-33+. The number of esters is 2. The molecule has 0 aromatic carbocycles. The van der Waals surface area contributed by atoms with Gasteiger partial charge in [0.2, 0.25) is 0 Å². The molecular formula is C44H84NO8P. The summed E-state index contributed by atoms with van der Waals surface area (Å²) in [7, 11) is 1.13. The van der Waals surface area contributed by atoms with Crippen LogP contribution in [0.15, 0.2) is 24.3 Å². The molecule has 0 rings (SSSR count). The summed E-state index contributed by atoms with van der Waals surface area (Å²) in [6, 6.07) is 0. The molecule has 0 saturated heterocycles. The van der Waals surface area contributed by atoms with E-state index in [0.29, 0.717) is 11.0 Å². The molecule has 0 fully saturated rings. The zero-order chi connectivity index (χ0) is 40.0. The van der Waals surface area contributed by atoms with E-state index in [1.807, 2.05) is 33.3 Å². The largest absolute Gasteiger partial charge is 0.756 e. The number of rotatable bonds is 40. The van der Waals surface area contributed by atoms with Crippen molar-refractivity contribution in [3.63, 3.8) is 0 Å². The fourth-order valence-corrected chi connectivity index (χ4v) is 6.76. The molecule has 0 bridgehead atoms. The third-order valence-corrected chi connectivity index (χ3v) is 10.5. The fraction of sp³-hybridized carbons (Fsp3) is 0.864. The van der Waals surface area contributed by atoms with Crippen molar-refractivity contribution in [3.05, 3.63) is 24.3 Å². The van der Waals surface area contributed by atoms with Crippen LogP contribution in [-0.2, 0) is 32.7 Å². The first-order chi connectivity index (χ1) is 26.0. The molecular weight excluding hydrogens is 701 g/mol. The lowest BCUT2D eigenvalue weighted by atomic mass is 10.0. The van der Waals surface area contributed by atoms with Crippen LogP contribution in [0, 0.1) is 0 Å². The highest BCUT2D eigenvalue weighted by molar-refractivity contribution is 7.45. The molecule has 0 aliphatic rings. The second kappa shape index (κ2) is 37.1. The van der Waals surface area contributed by atoms with Gasteiger partial charge in [-0.15, -0.1) is 0 Å². The van der Waals surface area contributed by atoms with E-state index in [1.54, 1.807) is 12.2 Å². The zero-order valence-electron chi connectivity index (χ0n) is 35.7. The highest BCUT2D eigenvalue weighted by Crippen LogP contribution is 2.38. The van der Waals surface area contributed by atoms with Gasteiger partial charge in [-0.1, -0.05) is 179 Å². The van der Waals surface area contributed by atoms with Crippen LogP contribution < -0.4 is 4.89 Å². The molecule has 0 spiro atoms. The number of phosphoric acid groups is 1. The number of hydrogen-bond donors (Lipinski definition) is 0. The van der Waals surface area contributed by atoms with Gasteiger partial charge in [0.15, 0.2) is 6.10 Å². The van der Waals surface area contributed by atoms with Gasteiger partial charge in [0.25, 0.3) is 7.82 Å². The Hall–Kier alpha value is -1.51. The number of ether oxygens (including phenoxy) is 2. The van der Waals surface area contributed by atoms with E-state index in [2.05, 4.69) is 13.8 Å². The number of carbonyl (C=O) groups is 2. The Bertz CT molecular complexity index is 980. The third-order valence-electron chi connectivity index (χ3n) is 9.51. The van der Waals surface area contributed by atoms with Gasteiger partial charge in [-0.3, -0.25) is 14.2 Å². The Balaban J connectivity index is 4.44. The molecule has 0 aliphatic heterocycles. The van der Waals surface area contributed by atoms with Gasteiger partial charge in [0.05, 0.1) is 40.6 Å². The number of quaternary nitrogens is 1. The molecule has 2 unspecified atom stereocenters. The second-order valence-corrected chi connectivity index (χ2v) is 17.5. The topological polar surface area (TPSA) is 111 Å². The van der Waals surface area contributed by atoms with Crippen LogP contribution in [0.3, 0.4) is 0 Å². The Morgan fingerprint density at radius 3 is 1.35 bits per heavy atom. The smallest absolute Gasteiger partial charge is 0.310 e. The van der Waals surface area contributed by atoms with Crippen LogP contribution in [0.4, 0.5) is 0 Å². The molecule has 10 heteroatoms. The predicted octanol–water partition coefficient (Wildman–Crippen LogP) is 11.7. The molecule has 0 aromatic heterocycles. The Kier molecular flexibility index (Phi) is 36.1. The minimum absolute atomic E-state index is 0.0413. The van der Waals surface area contributed by atoms with Gasteiger partial charge in [0.1, 0.15) is 19.8 Å². The van der Waals surface area contributed by atoms with E-state index < -0.39 is 32.5 Å².